The Hall–Kier alpha value is -0.0400. The third-order valence-corrected chi connectivity index (χ3v) is 6.50. The van der Waals surface area contributed by atoms with Gasteiger partial charge < -0.3 is 5.32 Å². The Morgan fingerprint density at radius 1 is 0.947 bits per heavy atom. The molecule has 1 nitrogen and oxygen atoms in total. The lowest BCUT2D eigenvalue weighted by atomic mass is 9.94. The van der Waals surface area contributed by atoms with Gasteiger partial charge in [0.1, 0.15) is 0 Å². The summed E-state index contributed by atoms with van der Waals surface area (Å²) in [4.78, 5) is 0. The van der Waals surface area contributed by atoms with Crippen molar-refractivity contribution < 1.29 is 0 Å². The van der Waals surface area contributed by atoms with Crippen LogP contribution in [0.5, 0.6) is 0 Å². The Labute approximate surface area is 119 Å². The first-order chi connectivity index (χ1) is 9.36. The monoisotopic (exact) mass is 263 g/mol. The third kappa shape index (κ3) is 2.73. The van der Waals surface area contributed by atoms with Crippen LogP contribution in [0.1, 0.15) is 71.1 Å². The van der Waals surface area contributed by atoms with Crippen molar-refractivity contribution in [3.63, 3.8) is 0 Å². The SMILES string of the molecule is CCCCCCCCC(NC)C1C2C3CCC(C3)C21. The molecule has 0 aliphatic heterocycles. The van der Waals surface area contributed by atoms with E-state index in [4.69, 9.17) is 0 Å². The van der Waals surface area contributed by atoms with Crippen LogP contribution >= 0.6 is 0 Å². The molecule has 3 aliphatic rings. The van der Waals surface area contributed by atoms with E-state index in [-0.39, 0.29) is 0 Å². The van der Waals surface area contributed by atoms with Gasteiger partial charge in [0.15, 0.2) is 0 Å². The molecule has 0 aromatic heterocycles. The van der Waals surface area contributed by atoms with Crippen molar-refractivity contribution in [2.75, 3.05) is 7.05 Å². The molecule has 2 bridgehead atoms. The summed E-state index contributed by atoms with van der Waals surface area (Å²) < 4.78 is 0. The molecule has 0 saturated heterocycles. The highest BCUT2D eigenvalue weighted by Crippen LogP contribution is 2.70. The highest BCUT2D eigenvalue weighted by Gasteiger charge is 2.66. The van der Waals surface area contributed by atoms with Gasteiger partial charge in [-0.25, -0.2) is 0 Å². The summed E-state index contributed by atoms with van der Waals surface area (Å²) in [5.74, 6) is 5.65. The van der Waals surface area contributed by atoms with Gasteiger partial charge in [-0.3, -0.25) is 0 Å². The van der Waals surface area contributed by atoms with E-state index < -0.39 is 0 Å². The summed E-state index contributed by atoms with van der Waals surface area (Å²) in [5.41, 5.74) is 0. The second-order valence-electron chi connectivity index (χ2n) is 7.52. The summed E-state index contributed by atoms with van der Waals surface area (Å²) in [7, 11) is 2.21. The summed E-state index contributed by atoms with van der Waals surface area (Å²) in [5, 5.41) is 3.66. The first kappa shape index (κ1) is 13.9. The average Bonchev–Trinajstić information content (AvgIpc) is 2.85. The van der Waals surface area contributed by atoms with Crippen molar-refractivity contribution in [3.8, 4) is 0 Å². The Bertz CT molecular complexity index is 271. The summed E-state index contributed by atoms with van der Waals surface area (Å²) in [6.45, 7) is 2.30. The average molecular weight is 263 g/mol. The fourth-order valence-electron chi connectivity index (χ4n) is 5.60. The maximum atomic E-state index is 3.66. The van der Waals surface area contributed by atoms with E-state index in [1.165, 1.54) is 44.9 Å². The van der Waals surface area contributed by atoms with Gasteiger partial charge in [0.25, 0.3) is 0 Å². The second kappa shape index (κ2) is 6.16. The standard InChI is InChI=1S/C18H33N/c1-3-4-5-6-7-8-9-15(19-2)18-16-13-10-11-14(12-13)17(16)18/h13-19H,3-12H2,1-2H3. The molecule has 0 amide bonds. The van der Waals surface area contributed by atoms with Crippen molar-refractivity contribution in [3.05, 3.63) is 0 Å². The minimum Gasteiger partial charge on any atom is -0.317 e. The minimum atomic E-state index is 0.851. The van der Waals surface area contributed by atoms with Crippen LogP contribution in [0.15, 0.2) is 0 Å². The normalized spacial score (nSPS) is 40.4. The molecule has 5 atom stereocenters. The summed E-state index contributed by atoms with van der Waals surface area (Å²) in [6.07, 6.45) is 14.8. The Balaban J connectivity index is 1.36. The molecule has 0 aromatic carbocycles. The van der Waals surface area contributed by atoms with Gasteiger partial charge in [-0.15, -0.1) is 0 Å². The topological polar surface area (TPSA) is 12.0 Å². The number of hydrogen-bond acceptors (Lipinski definition) is 1. The molecule has 1 N–H and O–H groups in total. The first-order valence-corrected chi connectivity index (χ1v) is 9.04. The smallest absolute Gasteiger partial charge is 0.00980 e. The largest absolute Gasteiger partial charge is 0.317 e. The van der Waals surface area contributed by atoms with E-state index in [9.17, 15) is 0 Å². The molecule has 0 aromatic rings. The zero-order valence-electron chi connectivity index (χ0n) is 13.0. The number of unbranched alkanes of at least 4 members (excludes halogenated alkanes) is 5. The minimum absolute atomic E-state index is 0.851. The highest BCUT2D eigenvalue weighted by atomic mass is 14.9. The molecule has 3 aliphatic carbocycles. The number of hydrogen-bond donors (Lipinski definition) is 1. The predicted molar refractivity (Wildman–Crippen MR) is 82.1 cm³/mol. The zero-order valence-corrected chi connectivity index (χ0v) is 13.0. The molecule has 5 unspecified atom stereocenters. The van der Waals surface area contributed by atoms with Crippen LogP contribution in [0.2, 0.25) is 0 Å². The maximum Gasteiger partial charge on any atom is 0.00980 e. The molecule has 110 valence electrons. The van der Waals surface area contributed by atoms with Crippen molar-refractivity contribution in [1.29, 1.82) is 0 Å². The highest BCUT2D eigenvalue weighted by molar-refractivity contribution is 5.15. The van der Waals surface area contributed by atoms with Crippen LogP contribution in [-0.2, 0) is 0 Å². The van der Waals surface area contributed by atoms with Crippen LogP contribution in [0.3, 0.4) is 0 Å². The van der Waals surface area contributed by atoms with Crippen LogP contribution < -0.4 is 5.32 Å². The Kier molecular flexibility index (Phi) is 4.51. The number of nitrogens with one attached hydrogen (secondary N) is 1. The molecule has 3 fully saturated rings. The van der Waals surface area contributed by atoms with Crippen molar-refractivity contribution >= 4 is 0 Å². The van der Waals surface area contributed by atoms with E-state index in [1.54, 1.807) is 19.3 Å². The fraction of sp³-hybridized carbons (Fsp3) is 1.00. The summed E-state index contributed by atoms with van der Waals surface area (Å²) >= 11 is 0. The molecule has 0 spiro atoms. The molecule has 1 heteroatoms. The van der Waals surface area contributed by atoms with Gasteiger partial charge in [-0.2, -0.15) is 0 Å². The zero-order chi connectivity index (χ0) is 13.2. The quantitative estimate of drug-likeness (QED) is 0.599. The molecule has 3 rings (SSSR count). The van der Waals surface area contributed by atoms with Gasteiger partial charge in [-0.1, -0.05) is 45.4 Å². The van der Waals surface area contributed by atoms with Gasteiger partial charge in [0.2, 0.25) is 0 Å². The van der Waals surface area contributed by atoms with Gasteiger partial charge in [0.05, 0.1) is 0 Å². The molecule has 0 radical (unpaired) electrons. The lowest BCUT2D eigenvalue weighted by molar-refractivity contribution is 0.354. The summed E-state index contributed by atoms with van der Waals surface area (Å²) in [6, 6.07) is 0.851. The lowest BCUT2D eigenvalue weighted by Crippen LogP contribution is -2.30. The third-order valence-electron chi connectivity index (χ3n) is 6.50. The van der Waals surface area contributed by atoms with Crippen LogP contribution in [-0.4, -0.2) is 13.1 Å². The van der Waals surface area contributed by atoms with Crippen LogP contribution in [0, 0.1) is 29.6 Å². The number of rotatable bonds is 9. The molecule has 0 heterocycles. The van der Waals surface area contributed by atoms with E-state index in [2.05, 4.69) is 19.3 Å². The van der Waals surface area contributed by atoms with E-state index in [0.29, 0.717) is 0 Å². The molecular weight excluding hydrogens is 230 g/mol. The van der Waals surface area contributed by atoms with E-state index in [1.807, 2.05) is 0 Å². The van der Waals surface area contributed by atoms with E-state index >= 15 is 0 Å². The fourth-order valence-corrected chi connectivity index (χ4v) is 5.60. The van der Waals surface area contributed by atoms with E-state index in [0.717, 1.165) is 35.6 Å². The van der Waals surface area contributed by atoms with Gasteiger partial charge in [0, 0.05) is 6.04 Å². The van der Waals surface area contributed by atoms with Crippen molar-refractivity contribution in [2.24, 2.45) is 29.6 Å². The van der Waals surface area contributed by atoms with Crippen molar-refractivity contribution in [2.45, 2.75) is 77.2 Å². The second-order valence-corrected chi connectivity index (χ2v) is 7.52. The Morgan fingerprint density at radius 2 is 1.58 bits per heavy atom. The lowest BCUT2D eigenvalue weighted by Gasteiger charge is -2.20. The first-order valence-electron chi connectivity index (χ1n) is 9.04. The predicted octanol–water partition coefficient (Wildman–Crippen LogP) is 4.62. The molecular formula is C18H33N. The maximum absolute atomic E-state index is 3.66. The number of fused-ring (bicyclic) bond motifs is 5. The Morgan fingerprint density at radius 3 is 2.21 bits per heavy atom. The van der Waals surface area contributed by atoms with Crippen LogP contribution in [0.4, 0.5) is 0 Å². The van der Waals surface area contributed by atoms with Gasteiger partial charge >= 0.3 is 0 Å². The van der Waals surface area contributed by atoms with Gasteiger partial charge in [-0.05, 0) is 62.3 Å². The molecule has 3 saturated carbocycles. The van der Waals surface area contributed by atoms with Crippen molar-refractivity contribution in [1.82, 2.24) is 5.32 Å². The molecule has 19 heavy (non-hydrogen) atoms. The van der Waals surface area contributed by atoms with Crippen LogP contribution in [0.25, 0.3) is 0 Å².